The van der Waals surface area contributed by atoms with Crippen molar-refractivity contribution in [3.8, 4) is 0 Å². The quantitative estimate of drug-likeness (QED) is 0.150. The zero-order valence-electron chi connectivity index (χ0n) is 38.0. The maximum absolute atomic E-state index is 4.35. The van der Waals surface area contributed by atoms with Gasteiger partial charge in [-0.1, -0.05) is 30.3 Å². The Balaban J connectivity index is 0.000000113. The Hall–Kier alpha value is -6.42. The van der Waals surface area contributed by atoms with E-state index in [-0.39, 0.29) is 0 Å². The fourth-order valence-electron chi connectivity index (χ4n) is 7.59. The highest BCUT2D eigenvalue weighted by molar-refractivity contribution is 7.17. The molecule has 0 atom stereocenters. The van der Waals surface area contributed by atoms with Gasteiger partial charge in [-0.25, -0.2) is 9.97 Å². The third-order valence-electron chi connectivity index (χ3n) is 10.7. The van der Waals surface area contributed by atoms with Gasteiger partial charge >= 0.3 is 0 Å². The normalized spacial score (nSPS) is 10.9. The number of nitrogens with zero attached hydrogens (tertiary/aromatic N) is 12. The molecule has 12 aromatic rings. The highest BCUT2D eigenvalue weighted by atomic mass is 32.1. The minimum Gasteiger partial charge on any atom is -0.304 e. The van der Waals surface area contributed by atoms with Crippen molar-refractivity contribution in [3.63, 3.8) is 0 Å². The van der Waals surface area contributed by atoms with Crippen molar-refractivity contribution in [2.45, 2.75) is 55.4 Å². The first-order valence-electron chi connectivity index (χ1n) is 20.5. The molecule has 0 unspecified atom stereocenters. The van der Waals surface area contributed by atoms with Crippen molar-refractivity contribution in [2.75, 3.05) is 0 Å². The lowest BCUT2D eigenvalue weighted by molar-refractivity contribution is 0.783. The minimum absolute atomic E-state index is 1.05. The highest BCUT2D eigenvalue weighted by Crippen LogP contribution is 2.24. The van der Waals surface area contributed by atoms with Crippen LogP contribution < -0.4 is 0 Å². The van der Waals surface area contributed by atoms with Crippen molar-refractivity contribution in [3.05, 3.63) is 153 Å². The third-order valence-corrected chi connectivity index (χ3v) is 13.4. The van der Waals surface area contributed by atoms with Gasteiger partial charge in [-0.15, -0.1) is 34.0 Å². The molecule has 0 saturated carbocycles. The molecule has 11 aromatic heterocycles. The summed E-state index contributed by atoms with van der Waals surface area (Å²) < 4.78 is 13.2. The molecule has 15 heteroatoms. The molecule has 12 nitrogen and oxygen atoms in total. The second-order valence-corrected chi connectivity index (χ2v) is 17.8. The number of hydrogen-bond donors (Lipinski definition) is 0. The fourth-order valence-corrected chi connectivity index (χ4v) is 10.2. The first-order valence-corrected chi connectivity index (χ1v) is 23.2. The van der Waals surface area contributed by atoms with E-state index in [1.807, 2.05) is 151 Å². The van der Waals surface area contributed by atoms with Crippen molar-refractivity contribution < 1.29 is 0 Å². The van der Waals surface area contributed by atoms with E-state index < -0.39 is 0 Å². The van der Waals surface area contributed by atoms with Crippen LogP contribution in [0, 0.1) is 55.4 Å². The molecule has 1 aromatic carbocycles. The van der Waals surface area contributed by atoms with E-state index in [0.29, 0.717) is 0 Å². The van der Waals surface area contributed by atoms with Crippen LogP contribution in [0.3, 0.4) is 0 Å². The SMILES string of the molecule is Cc1nc(C)n2ccccc12.Cc1nc(C)n2ccccc12.Cc1nn(C)c2ccccc12.Cc1nn(C)c2ccsc12.Cc1nn(C)c2cscc12.Cc1nn(C)c2sccc12. The lowest BCUT2D eigenvalue weighted by atomic mass is 10.2. The van der Waals surface area contributed by atoms with Crippen LogP contribution in [-0.4, -0.2) is 57.9 Å². The van der Waals surface area contributed by atoms with Gasteiger partial charge in [0.15, 0.2) is 0 Å². The van der Waals surface area contributed by atoms with Crippen LogP contribution >= 0.6 is 34.0 Å². The molecule has 63 heavy (non-hydrogen) atoms. The zero-order chi connectivity index (χ0) is 44.9. The molecule has 0 aliphatic heterocycles. The number of imidazole rings is 2. The maximum atomic E-state index is 4.35. The predicted octanol–water partition coefficient (Wildman–Crippen LogP) is 11.6. The summed E-state index contributed by atoms with van der Waals surface area (Å²) in [4.78, 5) is 9.97. The molecule has 324 valence electrons. The Labute approximate surface area is 379 Å². The van der Waals surface area contributed by atoms with Gasteiger partial charge < -0.3 is 8.80 Å². The van der Waals surface area contributed by atoms with Crippen molar-refractivity contribution >= 4 is 87.3 Å². The lowest BCUT2D eigenvalue weighted by Gasteiger charge is -1.92. The minimum atomic E-state index is 1.05. The van der Waals surface area contributed by atoms with Crippen LogP contribution in [0.5, 0.6) is 0 Å². The Morgan fingerprint density at radius 1 is 0.397 bits per heavy atom. The van der Waals surface area contributed by atoms with Gasteiger partial charge in [-0.2, -0.15) is 20.4 Å². The van der Waals surface area contributed by atoms with E-state index in [0.717, 1.165) is 45.8 Å². The van der Waals surface area contributed by atoms with E-state index in [4.69, 9.17) is 0 Å². The van der Waals surface area contributed by atoms with Crippen LogP contribution in [-0.2, 0) is 28.2 Å². The molecule has 0 aliphatic rings. The van der Waals surface area contributed by atoms with Crippen molar-refractivity contribution in [1.82, 2.24) is 57.9 Å². The monoisotopic (exact) mass is 894 g/mol. The van der Waals surface area contributed by atoms with E-state index in [9.17, 15) is 0 Å². The van der Waals surface area contributed by atoms with E-state index in [1.54, 1.807) is 34.0 Å². The van der Waals surface area contributed by atoms with Crippen molar-refractivity contribution in [1.29, 1.82) is 0 Å². The first-order chi connectivity index (χ1) is 30.2. The molecule has 0 fully saturated rings. The van der Waals surface area contributed by atoms with Crippen LogP contribution in [0.2, 0.25) is 0 Å². The molecule has 12 rings (SSSR count). The highest BCUT2D eigenvalue weighted by Gasteiger charge is 2.06. The van der Waals surface area contributed by atoms with E-state index in [2.05, 4.69) is 97.1 Å². The van der Waals surface area contributed by atoms with Gasteiger partial charge in [-0.3, -0.25) is 18.7 Å². The topological polar surface area (TPSA) is 106 Å². The summed E-state index contributed by atoms with van der Waals surface area (Å²) in [6.45, 7) is 16.2. The summed E-state index contributed by atoms with van der Waals surface area (Å²) in [7, 11) is 7.89. The summed E-state index contributed by atoms with van der Waals surface area (Å²) in [5, 5.41) is 29.4. The number of rotatable bonds is 0. The van der Waals surface area contributed by atoms with Gasteiger partial charge in [0.2, 0.25) is 0 Å². The first kappa shape index (κ1) is 44.6. The van der Waals surface area contributed by atoms with E-state index >= 15 is 0 Å². The lowest BCUT2D eigenvalue weighted by Crippen LogP contribution is -1.88. The molecule has 0 N–H and O–H groups in total. The Morgan fingerprint density at radius 2 is 0.889 bits per heavy atom. The number of benzene rings is 1. The van der Waals surface area contributed by atoms with Crippen LogP contribution in [0.25, 0.3) is 53.3 Å². The largest absolute Gasteiger partial charge is 0.304 e. The van der Waals surface area contributed by atoms with Gasteiger partial charge in [0, 0.05) is 67.5 Å². The number of aromatic nitrogens is 12. The Morgan fingerprint density at radius 3 is 1.46 bits per heavy atom. The summed E-state index contributed by atoms with van der Waals surface area (Å²) in [6, 6.07) is 24.7. The molecule has 0 saturated heterocycles. The average Bonchev–Trinajstić information content (AvgIpc) is 4.15. The van der Waals surface area contributed by atoms with Gasteiger partial charge in [0.1, 0.15) is 16.5 Å². The summed E-state index contributed by atoms with van der Waals surface area (Å²) in [5.74, 6) is 2.11. The van der Waals surface area contributed by atoms with Crippen molar-refractivity contribution in [2.24, 2.45) is 28.2 Å². The molecular weight excluding hydrogens is 841 g/mol. The smallest absolute Gasteiger partial charge is 0.121 e. The molecule has 11 heterocycles. The summed E-state index contributed by atoms with van der Waals surface area (Å²) >= 11 is 5.21. The number of pyridine rings is 2. The van der Waals surface area contributed by atoms with E-state index in [1.165, 1.54) is 53.3 Å². The standard InChI is InChI=1S/3C9H10N2.3C7H8N2S/c1-7-8-5-3-4-6-9(8)11(2)10-7;2*1-7-9-5-3-4-6-11(9)8(2)10-7;1-5-6-3-10-4-7(6)9(2)8-5;1-5-7-6(3-4-10-7)9(2)8-5;1-5-6-3-4-10-7(6)9(2)8-5/h3*3-6H,1-2H3;3*3-4H,1-2H3. The molecule has 0 amide bonds. The molecule has 0 bridgehead atoms. The second-order valence-electron chi connectivity index (χ2n) is 15.2. The molecule has 0 aliphatic carbocycles. The average molecular weight is 895 g/mol. The molecule has 0 radical (unpaired) electrons. The maximum Gasteiger partial charge on any atom is 0.121 e. The Bertz CT molecular complexity index is 2850. The third kappa shape index (κ3) is 9.65. The molecule has 0 spiro atoms. The fraction of sp³-hybridized carbons (Fsp3) is 0.250. The van der Waals surface area contributed by atoms with Crippen LogP contribution in [0.4, 0.5) is 0 Å². The second kappa shape index (κ2) is 19.3. The van der Waals surface area contributed by atoms with Gasteiger partial charge in [-0.05, 0) is 109 Å². The Kier molecular flexibility index (Phi) is 13.7. The summed E-state index contributed by atoms with van der Waals surface area (Å²) in [6.07, 6.45) is 4.06. The van der Waals surface area contributed by atoms with Crippen LogP contribution in [0.1, 0.15) is 45.8 Å². The predicted molar refractivity (Wildman–Crippen MR) is 265 cm³/mol. The van der Waals surface area contributed by atoms with Gasteiger partial charge in [0.25, 0.3) is 0 Å². The summed E-state index contributed by atoms with van der Waals surface area (Å²) in [5.41, 5.74) is 12.8. The number of hydrogen-bond acceptors (Lipinski definition) is 9. The zero-order valence-corrected chi connectivity index (χ0v) is 40.4. The number of fused-ring (bicyclic) bond motifs is 6. The van der Waals surface area contributed by atoms with Gasteiger partial charge in [0.05, 0.1) is 66.4 Å². The number of para-hydroxylation sites is 1. The number of thiophene rings is 3. The number of aryl methyl sites for hydroxylation is 12. The van der Waals surface area contributed by atoms with Crippen LogP contribution in [0.15, 0.2) is 107 Å². The molecular formula is C48H54N12S3.